The van der Waals surface area contributed by atoms with Crippen molar-refractivity contribution in [3.63, 3.8) is 0 Å². The predicted octanol–water partition coefficient (Wildman–Crippen LogP) is 4.24. The van der Waals surface area contributed by atoms with Crippen LogP contribution in [0.25, 0.3) is 21.5 Å². The number of hydrogen-bond donors (Lipinski definition) is 2. The van der Waals surface area contributed by atoms with E-state index in [9.17, 15) is 31.4 Å². The zero-order chi connectivity index (χ0) is 16.3. The van der Waals surface area contributed by atoms with Gasteiger partial charge in [0.05, 0.1) is 0 Å². The standard InChI is InChI=1S/C14H4F6O2/c15-7-3-1-2-4-6(5(3)9(17)11(19)14(7)22)8(16)10(18)12(20)13(4)21/h1-2,21-22H. The summed E-state index contributed by atoms with van der Waals surface area (Å²) in [6, 6.07) is 1.56. The van der Waals surface area contributed by atoms with Crippen LogP contribution in [0.5, 0.6) is 11.5 Å². The summed E-state index contributed by atoms with van der Waals surface area (Å²) in [6.45, 7) is 0. The van der Waals surface area contributed by atoms with E-state index in [4.69, 9.17) is 5.11 Å². The zero-order valence-electron chi connectivity index (χ0n) is 10.3. The van der Waals surface area contributed by atoms with Gasteiger partial charge in [0.2, 0.25) is 11.6 Å². The van der Waals surface area contributed by atoms with E-state index in [-0.39, 0.29) is 0 Å². The van der Waals surface area contributed by atoms with Crippen LogP contribution in [0.3, 0.4) is 0 Å². The number of rotatable bonds is 0. The first-order chi connectivity index (χ1) is 10.3. The van der Waals surface area contributed by atoms with Crippen molar-refractivity contribution >= 4 is 21.5 Å². The van der Waals surface area contributed by atoms with E-state index in [1.165, 1.54) is 0 Å². The third-order valence-corrected chi connectivity index (χ3v) is 3.34. The molecule has 3 aromatic carbocycles. The molecule has 0 heterocycles. The fourth-order valence-electron chi connectivity index (χ4n) is 2.30. The van der Waals surface area contributed by atoms with Crippen LogP contribution in [0.4, 0.5) is 26.3 Å². The SMILES string of the molecule is Oc1c(F)c(F)c2c(ccc3c(O)c(F)c(F)c(F)c32)c1F. The Bertz CT molecular complexity index is 889. The van der Waals surface area contributed by atoms with Gasteiger partial charge >= 0.3 is 0 Å². The van der Waals surface area contributed by atoms with Gasteiger partial charge in [0.1, 0.15) is 0 Å². The molecule has 0 bridgehead atoms. The van der Waals surface area contributed by atoms with Crippen molar-refractivity contribution in [2.75, 3.05) is 0 Å². The number of fused-ring (bicyclic) bond motifs is 3. The van der Waals surface area contributed by atoms with Crippen molar-refractivity contribution < 1.29 is 36.6 Å². The third-order valence-electron chi connectivity index (χ3n) is 3.34. The summed E-state index contributed by atoms with van der Waals surface area (Å²) in [4.78, 5) is 0. The Morgan fingerprint density at radius 3 is 1.59 bits per heavy atom. The summed E-state index contributed by atoms with van der Waals surface area (Å²) >= 11 is 0. The van der Waals surface area contributed by atoms with Crippen LogP contribution in [0.2, 0.25) is 0 Å². The monoisotopic (exact) mass is 318 g/mol. The Balaban J connectivity index is 2.74. The summed E-state index contributed by atoms with van der Waals surface area (Å²) in [7, 11) is 0. The molecule has 0 fully saturated rings. The predicted molar refractivity (Wildman–Crippen MR) is 64.5 cm³/mol. The van der Waals surface area contributed by atoms with Crippen LogP contribution in [0.15, 0.2) is 12.1 Å². The van der Waals surface area contributed by atoms with Gasteiger partial charge in [-0.3, -0.25) is 0 Å². The minimum absolute atomic E-state index is 0.674. The van der Waals surface area contributed by atoms with Crippen LogP contribution < -0.4 is 0 Å². The van der Waals surface area contributed by atoms with Gasteiger partial charge in [0.15, 0.2) is 34.8 Å². The van der Waals surface area contributed by atoms with Gasteiger partial charge in [-0.25, -0.2) is 17.6 Å². The van der Waals surface area contributed by atoms with Crippen molar-refractivity contribution in [2.24, 2.45) is 0 Å². The molecule has 0 unspecified atom stereocenters. The number of benzene rings is 3. The molecule has 0 saturated heterocycles. The van der Waals surface area contributed by atoms with Gasteiger partial charge in [-0.05, 0) is 6.07 Å². The molecule has 0 amide bonds. The average Bonchev–Trinajstić information content (AvgIpc) is 2.52. The van der Waals surface area contributed by atoms with Gasteiger partial charge < -0.3 is 10.2 Å². The first kappa shape index (κ1) is 14.3. The van der Waals surface area contributed by atoms with E-state index in [0.717, 1.165) is 12.1 Å². The van der Waals surface area contributed by atoms with Crippen LogP contribution >= 0.6 is 0 Å². The Labute approximate surface area is 117 Å². The average molecular weight is 318 g/mol. The van der Waals surface area contributed by atoms with E-state index in [0.29, 0.717) is 0 Å². The highest BCUT2D eigenvalue weighted by molar-refractivity contribution is 6.10. The molecule has 3 aromatic rings. The molecule has 8 heteroatoms. The quantitative estimate of drug-likeness (QED) is 0.282. The fourth-order valence-corrected chi connectivity index (χ4v) is 2.30. The molecule has 0 spiro atoms. The highest BCUT2D eigenvalue weighted by Gasteiger charge is 2.27. The lowest BCUT2D eigenvalue weighted by Gasteiger charge is -2.11. The van der Waals surface area contributed by atoms with Crippen molar-refractivity contribution in [1.82, 2.24) is 0 Å². The number of phenolic OH excluding ortho intramolecular Hbond substituents is 2. The second-order valence-electron chi connectivity index (χ2n) is 4.49. The largest absolute Gasteiger partial charge is 0.504 e. The molecular formula is C14H4F6O2. The number of halogens is 6. The van der Waals surface area contributed by atoms with Gasteiger partial charge in [-0.2, -0.15) is 8.78 Å². The molecule has 3 rings (SSSR count). The van der Waals surface area contributed by atoms with Crippen molar-refractivity contribution in [3.8, 4) is 11.5 Å². The molecule has 2 N–H and O–H groups in total. The normalized spacial score (nSPS) is 11.5. The van der Waals surface area contributed by atoms with Crippen LogP contribution in [-0.4, -0.2) is 10.2 Å². The molecule has 2 nitrogen and oxygen atoms in total. The van der Waals surface area contributed by atoms with E-state index in [1.807, 2.05) is 0 Å². The number of aromatic hydroxyl groups is 2. The Hall–Kier alpha value is -2.64. The van der Waals surface area contributed by atoms with E-state index < -0.39 is 67.9 Å². The van der Waals surface area contributed by atoms with E-state index in [2.05, 4.69) is 0 Å². The summed E-state index contributed by atoms with van der Waals surface area (Å²) in [5.41, 5.74) is 0. The maximum Gasteiger partial charge on any atom is 0.204 e. The number of hydrogen-bond acceptors (Lipinski definition) is 2. The Kier molecular flexibility index (Phi) is 2.88. The highest BCUT2D eigenvalue weighted by Crippen LogP contribution is 2.41. The van der Waals surface area contributed by atoms with Gasteiger partial charge in [0, 0.05) is 21.5 Å². The van der Waals surface area contributed by atoms with Crippen LogP contribution in [-0.2, 0) is 0 Å². The van der Waals surface area contributed by atoms with E-state index >= 15 is 0 Å². The number of phenols is 2. The topological polar surface area (TPSA) is 40.5 Å². The smallest absolute Gasteiger partial charge is 0.204 e. The van der Waals surface area contributed by atoms with Gasteiger partial charge in [0.25, 0.3) is 0 Å². The molecule has 0 aliphatic carbocycles. The minimum Gasteiger partial charge on any atom is -0.504 e. The molecular weight excluding hydrogens is 314 g/mol. The third kappa shape index (κ3) is 1.57. The molecule has 0 aliphatic rings. The summed E-state index contributed by atoms with van der Waals surface area (Å²) in [5.74, 6) is -14.4. The zero-order valence-corrected chi connectivity index (χ0v) is 10.3. The Morgan fingerprint density at radius 1 is 0.500 bits per heavy atom. The van der Waals surface area contributed by atoms with Crippen LogP contribution in [0.1, 0.15) is 0 Å². The fraction of sp³-hybridized carbons (Fsp3) is 0. The second kappa shape index (κ2) is 4.43. The first-order valence-corrected chi connectivity index (χ1v) is 5.74. The highest BCUT2D eigenvalue weighted by atomic mass is 19.2. The van der Waals surface area contributed by atoms with Crippen molar-refractivity contribution in [1.29, 1.82) is 0 Å². The van der Waals surface area contributed by atoms with Gasteiger partial charge in [-0.1, -0.05) is 6.07 Å². The summed E-state index contributed by atoms with van der Waals surface area (Å²) < 4.78 is 81.8. The molecule has 0 aromatic heterocycles. The molecule has 0 saturated carbocycles. The van der Waals surface area contributed by atoms with Crippen molar-refractivity contribution in [3.05, 3.63) is 47.0 Å². The molecule has 22 heavy (non-hydrogen) atoms. The van der Waals surface area contributed by atoms with E-state index in [1.54, 1.807) is 0 Å². The lowest BCUT2D eigenvalue weighted by Crippen LogP contribution is -1.99. The molecule has 0 atom stereocenters. The van der Waals surface area contributed by atoms with Crippen LogP contribution in [0, 0.1) is 34.9 Å². The molecule has 0 aliphatic heterocycles. The minimum atomic E-state index is -2.12. The molecule has 0 radical (unpaired) electrons. The first-order valence-electron chi connectivity index (χ1n) is 5.74. The Morgan fingerprint density at radius 2 is 0.955 bits per heavy atom. The summed E-state index contributed by atoms with van der Waals surface area (Å²) in [6.07, 6.45) is 0. The lowest BCUT2D eigenvalue weighted by molar-refractivity contribution is 0.382. The molecule has 114 valence electrons. The summed E-state index contributed by atoms with van der Waals surface area (Å²) in [5, 5.41) is 15.1. The second-order valence-corrected chi connectivity index (χ2v) is 4.49. The maximum absolute atomic E-state index is 13.9. The van der Waals surface area contributed by atoms with Crippen molar-refractivity contribution in [2.45, 2.75) is 0 Å². The maximum atomic E-state index is 13.9. The lowest BCUT2D eigenvalue weighted by atomic mass is 9.99. The van der Waals surface area contributed by atoms with Gasteiger partial charge in [-0.15, -0.1) is 0 Å².